The number of ether oxygens (including phenoxy) is 1. The summed E-state index contributed by atoms with van der Waals surface area (Å²) in [5.41, 5.74) is 0.942. The van der Waals surface area contributed by atoms with Crippen LogP contribution in [0.25, 0.3) is 0 Å². The molecule has 0 aromatic carbocycles. The first kappa shape index (κ1) is 16.0. The highest BCUT2D eigenvalue weighted by Gasteiger charge is 2.14. The molecule has 1 aromatic rings. The van der Waals surface area contributed by atoms with Crippen LogP contribution in [0.4, 0.5) is 0 Å². The van der Waals surface area contributed by atoms with E-state index < -0.39 is 10.0 Å². The number of aromatic nitrogens is 1. The fraction of sp³-hybridized carbons (Fsp3) is 0.583. The lowest BCUT2D eigenvalue weighted by Gasteiger charge is -2.07. The smallest absolute Gasteiger partial charge is 0.258 e. The van der Waals surface area contributed by atoms with Crippen molar-refractivity contribution in [3.63, 3.8) is 0 Å². The molecule has 0 saturated heterocycles. The van der Waals surface area contributed by atoms with Crippen LogP contribution in [0.15, 0.2) is 23.4 Å². The lowest BCUT2D eigenvalue weighted by molar-refractivity contribution is 0.146. The van der Waals surface area contributed by atoms with E-state index in [0.29, 0.717) is 32.7 Å². The first-order valence-corrected chi connectivity index (χ1v) is 7.75. The van der Waals surface area contributed by atoms with Crippen molar-refractivity contribution in [2.24, 2.45) is 0 Å². The summed E-state index contributed by atoms with van der Waals surface area (Å²) in [6, 6.07) is 3.26. The molecule has 0 spiro atoms. The maximum absolute atomic E-state index is 11.9. The third kappa shape index (κ3) is 5.65. The molecule has 0 amide bonds. The predicted octanol–water partition coefficient (Wildman–Crippen LogP) is 0.506. The second-order valence-electron chi connectivity index (χ2n) is 3.98. The summed E-state index contributed by atoms with van der Waals surface area (Å²) < 4.78 is 31.4. The van der Waals surface area contributed by atoms with Crippen molar-refractivity contribution in [2.75, 3.05) is 26.8 Å². The first-order valence-electron chi connectivity index (χ1n) is 6.27. The van der Waals surface area contributed by atoms with Crippen LogP contribution >= 0.6 is 0 Å². The number of nitrogens with one attached hydrogen (secondary N) is 2. The zero-order chi connectivity index (χ0) is 14.1. The highest BCUT2D eigenvalue weighted by molar-refractivity contribution is 7.89. The zero-order valence-corrected chi connectivity index (χ0v) is 12.2. The van der Waals surface area contributed by atoms with Crippen LogP contribution in [0.5, 0.6) is 0 Å². The Kier molecular flexibility index (Phi) is 6.93. The fourth-order valence-corrected chi connectivity index (χ4v) is 2.48. The molecule has 2 N–H and O–H groups in total. The van der Waals surface area contributed by atoms with E-state index in [1.54, 1.807) is 12.3 Å². The SMILES string of the molecule is CCOCCCNS(=O)(=O)c1ccc(CNC)cn1. The van der Waals surface area contributed by atoms with Gasteiger partial charge in [-0.3, -0.25) is 0 Å². The summed E-state index contributed by atoms with van der Waals surface area (Å²) in [7, 11) is -1.69. The molecule has 0 atom stereocenters. The Labute approximate surface area is 114 Å². The Morgan fingerprint density at radius 1 is 1.37 bits per heavy atom. The van der Waals surface area contributed by atoms with Gasteiger partial charge in [0.25, 0.3) is 10.0 Å². The number of hydrogen-bond acceptors (Lipinski definition) is 5. The number of nitrogens with zero attached hydrogens (tertiary/aromatic N) is 1. The quantitative estimate of drug-likeness (QED) is 0.647. The van der Waals surface area contributed by atoms with E-state index in [4.69, 9.17) is 4.74 Å². The van der Waals surface area contributed by atoms with Gasteiger partial charge >= 0.3 is 0 Å². The van der Waals surface area contributed by atoms with Gasteiger partial charge in [-0.25, -0.2) is 18.1 Å². The Morgan fingerprint density at radius 3 is 2.74 bits per heavy atom. The molecule has 0 bridgehead atoms. The van der Waals surface area contributed by atoms with Crippen molar-refractivity contribution < 1.29 is 13.2 Å². The molecule has 1 rings (SSSR count). The molecule has 0 unspecified atom stereocenters. The molecule has 1 heterocycles. The van der Waals surface area contributed by atoms with E-state index in [-0.39, 0.29) is 5.03 Å². The minimum absolute atomic E-state index is 0.0452. The summed E-state index contributed by atoms with van der Waals surface area (Å²) in [6.45, 7) is 4.10. The average Bonchev–Trinajstić information content (AvgIpc) is 2.39. The highest BCUT2D eigenvalue weighted by Crippen LogP contribution is 2.06. The maximum atomic E-state index is 11.9. The number of sulfonamides is 1. The second kappa shape index (κ2) is 8.21. The Balaban J connectivity index is 2.52. The normalized spacial score (nSPS) is 11.7. The third-order valence-electron chi connectivity index (χ3n) is 2.42. The molecule has 6 nitrogen and oxygen atoms in total. The Bertz CT molecular complexity index is 460. The van der Waals surface area contributed by atoms with Crippen LogP contribution in [-0.2, 0) is 21.3 Å². The van der Waals surface area contributed by atoms with Crippen molar-refractivity contribution in [3.8, 4) is 0 Å². The molecular formula is C12H21N3O3S. The van der Waals surface area contributed by atoms with E-state index in [1.807, 2.05) is 14.0 Å². The molecule has 19 heavy (non-hydrogen) atoms. The monoisotopic (exact) mass is 287 g/mol. The molecule has 0 radical (unpaired) electrons. The van der Waals surface area contributed by atoms with E-state index >= 15 is 0 Å². The molecule has 108 valence electrons. The summed E-state index contributed by atoms with van der Waals surface area (Å²) in [6.07, 6.45) is 2.20. The van der Waals surface area contributed by atoms with Crippen molar-refractivity contribution in [1.29, 1.82) is 0 Å². The van der Waals surface area contributed by atoms with E-state index in [2.05, 4.69) is 15.0 Å². The number of rotatable bonds is 9. The van der Waals surface area contributed by atoms with Gasteiger partial charge in [-0.1, -0.05) is 6.07 Å². The standard InChI is InChI=1S/C12H21N3O3S/c1-3-18-8-4-7-15-19(16,17)12-6-5-11(9-13-2)10-14-12/h5-6,10,13,15H,3-4,7-9H2,1-2H3. The maximum Gasteiger partial charge on any atom is 0.258 e. The molecule has 7 heteroatoms. The highest BCUT2D eigenvalue weighted by atomic mass is 32.2. The van der Waals surface area contributed by atoms with E-state index in [9.17, 15) is 8.42 Å². The molecule has 0 aliphatic heterocycles. The van der Waals surface area contributed by atoms with Gasteiger partial charge in [0.1, 0.15) is 0 Å². The second-order valence-corrected chi connectivity index (χ2v) is 5.70. The lowest BCUT2D eigenvalue weighted by atomic mass is 10.3. The van der Waals surface area contributed by atoms with Gasteiger partial charge in [0.15, 0.2) is 5.03 Å². The molecular weight excluding hydrogens is 266 g/mol. The first-order chi connectivity index (χ1) is 9.10. The van der Waals surface area contributed by atoms with Crippen LogP contribution in [-0.4, -0.2) is 40.2 Å². The minimum Gasteiger partial charge on any atom is -0.382 e. The van der Waals surface area contributed by atoms with Crippen LogP contribution in [0.1, 0.15) is 18.9 Å². The van der Waals surface area contributed by atoms with E-state index in [1.165, 1.54) is 6.07 Å². The third-order valence-corrected chi connectivity index (χ3v) is 3.79. The molecule has 0 aliphatic carbocycles. The zero-order valence-electron chi connectivity index (χ0n) is 11.3. The molecule has 0 aliphatic rings. The van der Waals surface area contributed by atoms with Gasteiger partial charge in [0, 0.05) is 32.5 Å². The fourth-order valence-electron chi connectivity index (χ4n) is 1.48. The van der Waals surface area contributed by atoms with Crippen LogP contribution < -0.4 is 10.0 Å². The predicted molar refractivity (Wildman–Crippen MR) is 73.3 cm³/mol. The van der Waals surface area contributed by atoms with Crippen molar-refractivity contribution in [1.82, 2.24) is 15.0 Å². The van der Waals surface area contributed by atoms with Gasteiger partial charge in [0.2, 0.25) is 0 Å². The Morgan fingerprint density at radius 2 is 2.16 bits per heavy atom. The largest absolute Gasteiger partial charge is 0.382 e. The van der Waals surface area contributed by atoms with Gasteiger partial charge in [-0.15, -0.1) is 0 Å². The summed E-state index contributed by atoms with van der Waals surface area (Å²) in [5.74, 6) is 0. The van der Waals surface area contributed by atoms with Gasteiger partial charge < -0.3 is 10.1 Å². The van der Waals surface area contributed by atoms with Crippen molar-refractivity contribution >= 4 is 10.0 Å². The molecule has 1 aromatic heterocycles. The molecule has 0 saturated carbocycles. The summed E-state index contributed by atoms with van der Waals surface area (Å²) in [5, 5.41) is 3.02. The number of pyridine rings is 1. The van der Waals surface area contributed by atoms with Crippen LogP contribution in [0.3, 0.4) is 0 Å². The van der Waals surface area contributed by atoms with Gasteiger partial charge in [-0.05, 0) is 32.0 Å². The minimum atomic E-state index is -3.52. The van der Waals surface area contributed by atoms with Crippen LogP contribution in [0.2, 0.25) is 0 Å². The Hall–Kier alpha value is -1.02. The molecule has 0 fully saturated rings. The van der Waals surface area contributed by atoms with Crippen LogP contribution in [0, 0.1) is 0 Å². The van der Waals surface area contributed by atoms with E-state index in [0.717, 1.165) is 5.56 Å². The van der Waals surface area contributed by atoms with Gasteiger partial charge in [0.05, 0.1) is 0 Å². The summed E-state index contributed by atoms with van der Waals surface area (Å²) in [4.78, 5) is 3.96. The summed E-state index contributed by atoms with van der Waals surface area (Å²) >= 11 is 0. The lowest BCUT2D eigenvalue weighted by Crippen LogP contribution is -2.26. The van der Waals surface area contributed by atoms with Gasteiger partial charge in [-0.2, -0.15) is 0 Å². The topological polar surface area (TPSA) is 80.3 Å². The van der Waals surface area contributed by atoms with Crippen molar-refractivity contribution in [3.05, 3.63) is 23.9 Å². The number of hydrogen-bond donors (Lipinski definition) is 2. The average molecular weight is 287 g/mol. The van der Waals surface area contributed by atoms with Crippen molar-refractivity contribution in [2.45, 2.75) is 24.9 Å².